The molecule has 0 bridgehead atoms. The van der Waals surface area contributed by atoms with Crippen LogP contribution in [0.5, 0.6) is 0 Å². The first-order valence-electron chi connectivity index (χ1n) is 6.75. The number of rotatable bonds is 7. The number of nitrogens with two attached hydrogens (primary N) is 1. The smallest absolute Gasteiger partial charge is 0.369 e. The van der Waals surface area contributed by atoms with Gasteiger partial charge in [-0.2, -0.15) is 13.2 Å². The quantitative estimate of drug-likeness (QED) is 0.616. The fraction of sp³-hybridized carbons (Fsp3) is 0.571. The van der Waals surface area contributed by atoms with Crippen LogP contribution in [0, 0.1) is 5.92 Å². The van der Waals surface area contributed by atoms with Crippen LogP contribution in [-0.2, 0) is 17.4 Å². The van der Waals surface area contributed by atoms with Gasteiger partial charge in [0.2, 0.25) is 5.91 Å². The van der Waals surface area contributed by atoms with E-state index in [0.717, 1.165) is 18.9 Å². The van der Waals surface area contributed by atoms with Crippen LogP contribution in [0.4, 0.5) is 13.2 Å². The maximum Gasteiger partial charge on any atom is 0.433 e. The minimum absolute atomic E-state index is 0.301. The predicted octanol–water partition coefficient (Wildman–Crippen LogP) is 3.66. The van der Waals surface area contributed by atoms with Gasteiger partial charge in [0.1, 0.15) is 5.69 Å². The van der Waals surface area contributed by atoms with E-state index >= 15 is 0 Å². The first kappa shape index (κ1) is 17.8. The van der Waals surface area contributed by atoms with Crippen molar-refractivity contribution >= 4 is 17.7 Å². The molecule has 0 fully saturated rings. The molecule has 0 saturated carbocycles. The number of carbonyl (C=O) groups is 1. The lowest BCUT2D eigenvalue weighted by Crippen LogP contribution is -2.22. The summed E-state index contributed by atoms with van der Waals surface area (Å²) in [7, 11) is 0. The molecule has 0 aliphatic heterocycles. The maximum absolute atomic E-state index is 12.7. The van der Waals surface area contributed by atoms with Crippen LogP contribution in [-0.4, -0.2) is 16.6 Å². The van der Waals surface area contributed by atoms with E-state index in [1.165, 1.54) is 17.8 Å². The summed E-state index contributed by atoms with van der Waals surface area (Å²) in [4.78, 5) is 14.8. The van der Waals surface area contributed by atoms with Gasteiger partial charge in [-0.3, -0.25) is 4.79 Å². The molecule has 0 aromatic carbocycles. The van der Waals surface area contributed by atoms with Crippen LogP contribution in [0.25, 0.3) is 0 Å². The van der Waals surface area contributed by atoms with Crippen LogP contribution >= 0.6 is 11.8 Å². The van der Waals surface area contributed by atoms with Gasteiger partial charge in [0.05, 0.1) is 5.03 Å². The molecule has 3 nitrogen and oxygen atoms in total. The zero-order valence-electron chi connectivity index (χ0n) is 12.0. The highest BCUT2D eigenvalue weighted by molar-refractivity contribution is 7.99. The van der Waals surface area contributed by atoms with E-state index in [1.807, 2.05) is 6.92 Å². The van der Waals surface area contributed by atoms with Gasteiger partial charge in [-0.25, -0.2) is 4.98 Å². The molecule has 0 spiro atoms. The average Bonchev–Trinajstić information content (AvgIpc) is 2.39. The number of amides is 1. The van der Waals surface area contributed by atoms with Gasteiger partial charge in [-0.1, -0.05) is 26.3 Å². The number of hydrogen-bond acceptors (Lipinski definition) is 3. The molecule has 0 radical (unpaired) electrons. The van der Waals surface area contributed by atoms with Crippen molar-refractivity contribution in [3.63, 3.8) is 0 Å². The monoisotopic (exact) mass is 320 g/mol. The van der Waals surface area contributed by atoms with E-state index in [2.05, 4.69) is 4.98 Å². The lowest BCUT2D eigenvalue weighted by Gasteiger charge is -2.14. The second-order valence-corrected chi connectivity index (χ2v) is 5.95. The van der Waals surface area contributed by atoms with Crippen molar-refractivity contribution in [1.82, 2.24) is 4.98 Å². The van der Waals surface area contributed by atoms with Crippen LogP contribution in [0.3, 0.4) is 0 Å². The summed E-state index contributed by atoms with van der Waals surface area (Å²) < 4.78 is 38.2. The molecule has 0 saturated heterocycles. The van der Waals surface area contributed by atoms with Crippen molar-refractivity contribution in [2.45, 2.75) is 44.3 Å². The summed E-state index contributed by atoms with van der Waals surface area (Å²) in [6.45, 7) is 3.66. The number of alkyl halides is 3. The molecule has 1 heterocycles. The van der Waals surface area contributed by atoms with Crippen LogP contribution in [0.2, 0.25) is 0 Å². The second kappa shape index (κ2) is 7.68. The highest BCUT2D eigenvalue weighted by atomic mass is 32.2. The SMILES string of the molecule is CCCCSc1nc(C(F)(F)F)ccc1CC(C)C(N)=O. The summed E-state index contributed by atoms with van der Waals surface area (Å²) >= 11 is 1.29. The molecule has 7 heteroatoms. The van der Waals surface area contributed by atoms with E-state index < -0.39 is 23.7 Å². The van der Waals surface area contributed by atoms with Crippen molar-refractivity contribution in [3.8, 4) is 0 Å². The lowest BCUT2D eigenvalue weighted by atomic mass is 10.0. The van der Waals surface area contributed by atoms with Gasteiger partial charge >= 0.3 is 6.18 Å². The first-order valence-corrected chi connectivity index (χ1v) is 7.73. The molecule has 1 aromatic heterocycles. The number of thioether (sulfide) groups is 1. The number of halogens is 3. The molecule has 1 atom stereocenters. The average molecular weight is 320 g/mol. The number of pyridine rings is 1. The van der Waals surface area contributed by atoms with E-state index in [9.17, 15) is 18.0 Å². The molecule has 0 aliphatic carbocycles. The van der Waals surface area contributed by atoms with Gasteiger partial charge in [0.25, 0.3) is 0 Å². The molecule has 1 unspecified atom stereocenters. The molecule has 1 aromatic rings. The van der Waals surface area contributed by atoms with Crippen LogP contribution in [0.15, 0.2) is 17.2 Å². The third kappa shape index (κ3) is 5.57. The number of hydrogen-bond donors (Lipinski definition) is 1. The van der Waals surface area contributed by atoms with Gasteiger partial charge in [-0.15, -0.1) is 11.8 Å². The van der Waals surface area contributed by atoms with Crippen molar-refractivity contribution in [2.75, 3.05) is 5.75 Å². The minimum atomic E-state index is -4.46. The van der Waals surface area contributed by atoms with E-state index in [4.69, 9.17) is 5.73 Å². The Hall–Kier alpha value is -1.24. The maximum atomic E-state index is 12.7. The summed E-state index contributed by atoms with van der Waals surface area (Å²) in [5, 5.41) is 0.339. The molecule has 118 valence electrons. The fourth-order valence-corrected chi connectivity index (χ4v) is 2.78. The van der Waals surface area contributed by atoms with Gasteiger partial charge in [-0.05, 0) is 30.2 Å². The number of carbonyl (C=O) groups excluding carboxylic acids is 1. The molecular formula is C14H19F3N2OS. The van der Waals surface area contributed by atoms with Crippen molar-refractivity contribution in [1.29, 1.82) is 0 Å². The fourth-order valence-electron chi connectivity index (χ4n) is 1.65. The molecule has 2 N–H and O–H groups in total. The van der Waals surface area contributed by atoms with E-state index in [-0.39, 0.29) is 0 Å². The van der Waals surface area contributed by atoms with Gasteiger partial charge in [0.15, 0.2) is 0 Å². The number of primary amides is 1. The summed E-state index contributed by atoms with van der Waals surface area (Å²) in [6, 6.07) is 2.34. The lowest BCUT2D eigenvalue weighted by molar-refractivity contribution is -0.141. The normalized spacial score (nSPS) is 13.2. The van der Waals surface area contributed by atoms with E-state index in [1.54, 1.807) is 6.92 Å². The highest BCUT2D eigenvalue weighted by Gasteiger charge is 2.33. The molecule has 1 amide bonds. The van der Waals surface area contributed by atoms with Crippen molar-refractivity contribution in [3.05, 3.63) is 23.4 Å². The number of nitrogens with zero attached hydrogens (tertiary/aromatic N) is 1. The largest absolute Gasteiger partial charge is 0.433 e. The number of aromatic nitrogens is 1. The van der Waals surface area contributed by atoms with E-state index in [0.29, 0.717) is 22.8 Å². The molecule has 21 heavy (non-hydrogen) atoms. The van der Waals surface area contributed by atoms with Crippen molar-refractivity contribution < 1.29 is 18.0 Å². The van der Waals surface area contributed by atoms with Crippen LogP contribution < -0.4 is 5.73 Å². The number of unbranched alkanes of at least 4 members (excludes halogenated alkanes) is 1. The summed E-state index contributed by atoms with van der Waals surface area (Å²) in [5.74, 6) is -0.212. The Bertz CT molecular complexity index is 492. The topological polar surface area (TPSA) is 56.0 Å². The second-order valence-electron chi connectivity index (χ2n) is 4.87. The third-order valence-corrected chi connectivity index (χ3v) is 4.10. The Labute approximate surface area is 126 Å². The standard InChI is InChI=1S/C14H19F3N2OS/c1-3-4-7-21-13-10(8-9(2)12(18)20)5-6-11(19-13)14(15,16)17/h5-6,9H,3-4,7-8H2,1-2H3,(H2,18,20). The Morgan fingerprint density at radius 3 is 2.62 bits per heavy atom. The predicted molar refractivity (Wildman–Crippen MR) is 76.9 cm³/mol. The van der Waals surface area contributed by atoms with Crippen molar-refractivity contribution in [2.24, 2.45) is 11.7 Å². The minimum Gasteiger partial charge on any atom is -0.369 e. The third-order valence-electron chi connectivity index (χ3n) is 2.98. The highest BCUT2D eigenvalue weighted by Crippen LogP contribution is 2.32. The van der Waals surface area contributed by atoms with Crippen LogP contribution in [0.1, 0.15) is 37.9 Å². The first-order chi connectivity index (χ1) is 9.75. The Kier molecular flexibility index (Phi) is 6.51. The summed E-state index contributed by atoms with van der Waals surface area (Å²) in [5.41, 5.74) is 4.94. The summed E-state index contributed by atoms with van der Waals surface area (Å²) in [6.07, 6.45) is -2.31. The van der Waals surface area contributed by atoms with Gasteiger partial charge in [0, 0.05) is 5.92 Å². The Morgan fingerprint density at radius 2 is 2.10 bits per heavy atom. The Morgan fingerprint density at radius 1 is 1.43 bits per heavy atom. The molecule has 0 aliphatic rings. The molecular weight excluding hydrogens is 301 g/mol. The molecule has 1 rings (SSSR count). The Balaban J connectivity index is 3.02. The van der Waals surface area contributed by atoms with Gasteiger partial charge < -0.3 is 5.73 Å². The zero-order valence-corrected chi connectivity index (χ0v) is 12.9. The zero-order chi connectivity index (χ0) is 16.0.